The van der Waals surface area contributed by atoms with Crippen LogP contribution in [0, 0.1) is 0 Å². The highest BCUT2D eigenvalue weighted by Crippen LogP contribution is 2.18. The van der Waals surface area contributed by atoms with E-state index in [4.69, 9.17) is 9.84 Å². The topological polar surface area (TPSA) is 56.2 Å². The van der Waals surface area contributed by atoms with E-state index in [1.54, 1.807) is 4.90 Å². The number of piperazine rings is 1. The largest absolute Gasteiger partial charge is 0.445 e. The average Bonchev–Trinajstić information content (AvgIpc) is 2.54. The van der Waals surface area contributed by atoms with Gasteiger partial charge < -0.3 is 14.7 Å². The molecule has 2 fully saturated rings. The number of amides is 1. The monoisotopic (exact) mass is 319 g/mol. The van der Waals surface area contributed by atoms with Gasteiger partial charge in [0, 0.05) is 51.9 Å². The molecule has 2 heterocycles. The molecule has 1 N–H and O–H groups in total. The normalized spacial score (nSPS) is 20.3. The van der Waals surface area contributed by atoms with Crippen LogP contribution in [-0.2, 0) is 11.3 Å². The van der Waals surface area contributed by atoms with Gasteiger partial charge in [0.25, 0.3) is 0 Å². The SMILES string of the molecule is O=C(OCc1ccccc1)N1CC(N2CCN(CCO)CC2)C1. The van der Waals surface area contributed by atoms with Crippen LogP contribution in [0.5, 0.6) is 0 Å². The first-order valence-corrected chi connectivity index (χ1v) is 8.29. The van der Waals surface area contributed by atoms with Crippen LogP contribution in [0.15, 0.2) is 30.3 Å². The molecule has 0 saturated carbocycles. The summed E-state index contributed by atoms with van der Waals surface area (Å²) in [7, 11) is 0. The van der Waals surface area contributed by atoms with Crippen molar-refractivity contribution in [2.75, 3.05) is 52.4 Å². The number of hydrogen-bond donors (Lipinski definition) is 1. The van der Waals surface area contributed by atoms with Gasteiger partial charge in [0.15, 0.2) is 0 Å². The minimum atomic E-state index is -0.219. The van der Waals surface area contributed by atoms with Crippen molar-refractivity contribution in [3.8, 4) is 0 Å². The third kappa shape index (κ3) is 4.22. The van der Waals surface area contributed by atoms with Crippen LogP contribution in [0.4, 0.5) is 4.79 Å². The molecular formula is C17H25N3O3. The van der Waals surface area contributed by atoms with Crippen molar-refractivity contribution in [3.05, 3.63) is 35.9 Å². The molecule has 6 heteroatoms. The fraction of sp³-hybridized carbons (Fsp3) is 0.588. The Kier molecular flexibility index (Phi) is 5.48. The van der Waals surface area contributed by atoms with Gasteiger partial charge in [-0.25, -0.2) is 4.79 Å². The Labute approximate surface area is 137 Å². The zero-order valence-corrected chi connectivity index (χ0v) is 13.4. The molecular weight excluding hydrogens is 294 g/mol. The number of benzene rings is 1. The minimum Gasteiger partial charge on any atom is -0.445 e. The van der Waals surface area contributed by atoms with Crippen molar-refractivity contribution in [1.82, 2.24) is 14.7 Å². The van der Waals surface area contributed by atoms with Crippen LogP contribution in [-0.4, -0.2) is 84.4 Å². The maximum Gasteiger partial charge on any atom is 0.410 e. The second kappa shape index (κ2) is 7.77. The molecule has 6 nitrogen and oxygen atoms in total. The second-order valence-electron chi connectivity index (χ2n) is 6.20. The van der Waals surface area contributed by atoms with E-state index in [0.717, 1.165) is 51.4 Å². The fourth-order valence-corrected chi connectivity index (χ4v) is 3.14. The van der Waals surface area contributed by atoms with Gasteiger partial charge in [0.1, 0.15) is 6.61 Å². The maximum absolute atomic E-state index is 12.0. The fourth-order valence-electron chi connectivity index (χ4n) is 3.14. The third-order valence-corrected chi connectivity index (χ3v) is 4.67. The van der Waals surface area contributed by atoms with Crippen LogP contribution < -0.4 is 0 Å². The summed E-state index contributed by atoms with van der Waals surface area (Å²) in [5, 5.41) is 8.97. The number of ether oxygens (including phenoxy) is 1. The van der Waals surface area contributed by atoms with Crippen LogP contribution in [0.25, 0.3) is 0 Å². The van der Waals surface area contributed by atoms with Crippen molar-refractivity contribution < 1.29 is 14.6 Å². The van der Waals surface area contributed by atoms with E-state index in [1.807, 2.05) is 30.3 Å². The Bertz CT molecular complexity index is 497. The first-order valence-electron chi connectivity index (χ1n) is 8.29. The highest BCUT2D eigenvalue weighted by Gasteiger charge is 2.36. The molecule has 1 aromatic carbocycles. The molecule has 0 aliphatic carbocycles. The molecule has 0 spiro atoms. The lowest BCUT2D eigenvalue weighted by Gasteiger charge is -2.47. The van der Waals surface area contributed by atoms with Crippen LogP contribution in [0.2, 0.25) is 0 Å². The number of β-amino-alcohol motifs (C(OH)–C–C–N with tert-alkyl or cyclic N) is 1. The smallest absolute Gasteiger partial charge is 0.410 e. The van der Waals surface area contributed by atoms with E-state index in [2.05, 4.69) is 9.80 Å². The molecule has 0 unspecified atom stereocenters. The van der Waals surface area contributed by atoms with Gasteiger partial charge in [-0.15, -0.1) is 0 Å². The molecule has 2 aliphatic heterocycles. The van der Waals surface area contributed by atoms with E-state index < -0.39 is 0 Å². The van der Waals surface area contributed by atoms with Gasteiger partial charge in [-0.2, -0.15) is 0 Å². The zero-order valence-electron chi connectivity index (χ0n) is 13.4. The summed E-state index contributed by atoms with van der Waals surface area (Å²) in [4.78, 5) is 18.5. The van der Waals surface area contributed by atoms with Crippen molar-refractivity contribution in [1.29, 1.82) is 0 Å². The number of aliphatic hydroxyl groups excluding tert-OH is 1. The van der Waals surface area contributed by atoms with E-state index in [1.165, 1.54) is 0 Å². The summed E-state index contributed by atoms with van der Waals surface area (Å²) >= 11 is 0. The standard InChI is InChI=1S/C17H25N3O3/c21-11-10-18-6-8-19(9-7-18)16-12-20(13-16)17(22)23-14-15-4-2-1-3-5-15/h1-5,16,21H,6-14H2. The minimum absolute atomic E-state index is 0.219. The first kappa shape index (κ1) is 16.2. The van der Waals surface area contributed by atoms with Crippen molar-refractivity contribution in [2.24, 2.45) is 0 Å². The van der Waals surface area contributed by atoms with Crippen molar-refractivity contribution in [3.63, 3.8) is 0 Å². The predicted molar refractivity (Wildman–Crippen MR) is 87.1 cm³/mol. The lowest BCUT2D eigenvalue weighted by molar-refractivity contribution is -0.00214. The lowest BCUT2D eigenvalue weighted by Crippen LogP contribution is -2.64. The van der Waals surface area contributed by atoms with E-state index in [9.17, 15) is 4.79 Å². The Morgan fingerprint density at radius 2 is 1.83 bits per heavy atom. The van der Waals surface area contributed by atoms with Gasteiger partial charge in [0.05, 0.1) is 6.61 Å². The summed E-state index contributed by atoms with van der Waals surface area (Å²) in [5.41, 5.74) is 1.01. The highest BCUT2D eigenvalue weighted by molar-refractivity contribution is 5.68. The van der Waals surface area contributed by atoms with Crippen LogP contribution in [0.1, 0.15) is 5.56 Å². The number of carbonyl (C=O) groups is 1. The molecule has 2 aliphatic rings. The summed E-state index contributed by atoms with van der Waals surface area (Å²) in [6.07, 6.45) is -0.219. The first-order chi connectivity index (χ1) is 11.3. The van der Waals surface area contributed by atoms with Crippen molar-refractivity contribution >= 4 is 6.09 Å². The van der Waals surface area contributed by atoms with Crippen molar-refractivity contribution in [2.45, 2.75) is 12.6 Å². The number of aliphatic hydroxyl groups is 1. The molecule has 1 aromatic rings. The molecule has 126 valence electrons. The zero-order chi connectivity index (χ0) is 16.1. The Morgan fingerprint density at radius 1 is 1.13 bits per heavy atom. The molecule has 0 bridgehead atoms. The molecule has 0 atom stereocenters. The Hall–Kier alpha value is -1.63. The summed E-state index contributed by atoms with van der Waals surface area (Å²) < 4.78 is 5.35. The van der Waals surface area contributed by atoms with Crippen LogP contribution >= 0.6 is 0 Å². The number of hydrogen-bond acceptors (Lipinski definition) is 5. The Balaban J connectivity index is 1.35. The molecule has 3 rings (SSSR count). The predicted octanol–water partition coefficient (Wildman–Crippen LogP) is 0.617. The molecule has 23 heavy (non-hydrogen) atoms. The molecule has 0 radical (unpaired) electrons. The van der Waals surface area contributed by atoms with Crippen LogP contribution in [0.3, 0.4) is 0 Å². The van der Waals surface area contributed by atoms with Gasteiger partial charge in [-0.1, -0.05) is 30.3 Å². The number of rotatable bonds is 5. The van der Waals surface area contributed by atoms with E-state index >= 15 is 0 Å². The molecule has 0 aromatic heterocycles. The third-order valence-electron chi connectivity index (χ3n) is 4.67. The van der Waals surface area contributed by atoms with E-state index in [0.29, 0.717) is 12.6 Å². The Morgan fingerprint density at radius 3 is 2.48 bits per heavy atom. The quantitative estimate of drug-likeness (QED) is 0.862. The number of likely N-dealkylation sites (tertiary alicyclic amines) is 1. The second-order valence-corrected chi connectivity index (χ2v) is 6.20. The maximum atomic E-state index is 12.0. The molecule has 1 amide bonds. The van der Waals surface area contributed by atoms with Gasteiger partial charge in [-0.3, -0.25) is 9.80 Å². The molecule has 2 saturated heterocycles. The number of nitrogens with zero attached hydrogens (tertiary/aromatic N) is 3. The average molecular weight is 319 g/mol. The lowest BCUT2D eigenvalue weighted by atomic mass is 10.1. The summed E-state index contributed by atoms with van der Waals surface area (Å²) in [5.74, 6) is 0. The van der Waals surface area contributed by atoms with Gasteiger partial charge in [-0.05, 0) is 5.56 Å². The van der Waals surface area contributed by atoms with E-state index in [-0.39, 0.29) is 12.7 Å². The summed E-state index contributed by atoms with van der Waals surface area (Å²) in [6, 6.07) is 10.2. The van der Waals surface area contributed by atoms with Gasteiger partial charge in [0.2, 0.25) is 0 Å². The highest BCUT2D eigenvalue weighted by atomic mass is 16.6. The van der Waals surface area contributed by atoms with Gasteiger partial charge >= 0.3 is 6.09 Å². The number of carbonyl (C=O) groups excluding carboxylic acids is 1. The summed E-state index contributed by atoms with van der Waals surface area (Å²) in [6.45, 7) is 6.85.